The highest BCUT2D eigenvalue weighted by Crippen LogP contribution is 2.52. The van der Waals surface area contributed by atoms with Crippen molar-refractivity contribution in [2.75, 3.05) is 62.7 Å². The Balaban J connectivity index is 0.706. The van der Waals surface area contributed by atoms with Crippen molar-refractivity contribution in [3.8, 4) is 17.1 Å². The van der Waals surface area contributed by atoms with Gasteiger partial charge in [0.15, 0.2) is 5.82 Å². The van der Waals surface area contributed by atoms with Crippen LogP contribution in [0.3, 0.4) is 0 Å². The van der Waals surface area contributed by atoms with Crippen LogP contribution in [0, 0.1) is 11.8 Å². The standard InChI is InChI=1S/C57H72N10O7/c1-35(2)66-34-59-47-31-46(61-52(51(47)66)60-40-17-26-73-27-18-40)37-8-13-45-48(28-37)67(42-29-41(30-42)63-21-4-3-5-22-63)56(72)57(45)19-24-64(25-20-57)55(71)39-16-23-65(33-39)54(70)36-6-10-43(11-7-36)74-50-15-9-38(32-58-50)44-12-14-49(68)62-53(44)69/h8-9,13,15,28,31-32,34-36,39-44H,3-7,10-12,14,16-27,29-30,33H2,1-2H3,(H,60,61)(H,62,68,69)/t36?,39-,41?,42?,43?,44-/m1/s1. The van der Waals surface area contributed by atoms with Gasteiger partial charge in [-0.2, -0.15) is 0 Å². The molecular weight excluding hydrogens is 937 g/mol. The van der Waals surface area contributed by atoms with Crippen LogP contribution < -0.4 is 20.3 Å². The number of hydrogen-bond acceptors (Lipinski definition) is 12. The van der Waals surface area contributed by atoms with E-state index in [0.717, 1.165) is 110 Å². The molecule has 2 N–H and O–H groups in total. The quantitative estimate of drug-likeness (QED) is 0.149. The summed E-state index contributed by atoms with van der Waals surface area (Å²) in [6, 6.07) is 13.3. The zero-order chi connectivity index (χ0) is 50.7. The third-order valence-corrected chi connectivity index (χ3v) is 18.2. The predicted octanol–water partition coefficient (Wildman–Crippen LogP) is 6.90. The second kappa shape index (κ2) is 20.3. The van der Waals surface area contributed by atoms with Gasteiger partial charge in [-0.15, -0.1) is 0 Å². The highest BCUT2D eigenvalue weighted by atomic mass is 16.5. The number of benzene rings is 1. The largest absolute Gasteiger partial charge is 0.474 e. The predicted molar refractivity (Wildman–Crippen MR) is 278 cm³/mol. The lowest BCUT2D eigenvalue weighted by molar-refractivity contribution is -0.140. The van der Waals surface area contributed by atoms with Crippen LogP contribution in [0.25, 0.3) is 22.3 Å². The second-order valence-electron chi connectivity index (χ2n) is 23.0. The summed E-state index contributed by atoms with van der Waals surface area (Å²) in [4.78, 5) is 90.8. The molecule has 1 aromatic carbocycles. The van der Waals surface area contributed by atoms with E-state index in [1.165, 1.54) is 19.3 Å². The fraction of sp³-hybridized carbons (Fsp3) is 0.614. The maximum Gasteiger partial charge on any atom is 0.238 e. The molecule has 2 aliphatic carbocycles. The van der Waals surface area contributed by atoms with Crippen LogP contribution in [0.4, 0.5) is 11.5 Å². The van der Waals surface area contributed by atoms with E-state index in [4.69, 9.17) is 19.4 Å². The maximum absolute atomic E-state index is 15.3. The van der Waals surface area contributed by atoms with Gasteiger partial charge in [0.05, 0.1) is 34.8 Å². The number of aromatic nitrogens is 4. The number of imidazole rings is 1. The van der Waals surface area contributed by atoms with Crippen LogP contribution in [-0.4, -0.2) is 140 Å². The second-order valence-corrected chi connectivity index (χ2v) is 23.0. The van der Waals surface area contributed by atoms with Gasteiger partial charge in [-0.1, -0.05) is 24.6 Å². The van der Waals surface area contributed by atoms with Crippen molar-refractivity contribution in [2.24, 2.45) is 11.8 Å². The molecule has 5 amide bonds. The minimum Gasteiger partial charge on any atom is -0.474 e. The van der Waals surface area contributed by atoms with Crippen LogP contribution in [0.5, 0.6) is 5.88 Å². The number of amides is 5. The van der Waals surface area contributed by atoms with Gasteiger partial charge in [0, 0.05) is 99.4 Å². The van der Waals surface area contributed by atoms with Gasteiger partial charge in [0.2, 0.25) is 35.4 Å². The number of piperidine rings is 3. The van der Waals surface area contributed by atoms with E-state index in [-0.39, 0.29) is 65.6 Å². The Kier molecular flexibility index (Phi) is 13.4. The Morgan fingerprint density at radius 3 is 2.31 bits per heavy atom. The van der Waals surface area contributed by atoms with Gasteiger partial charge in [-0.3, -0.25) is 29.3 Å². The first-order chi connectivity index (χ1) is 36.0. The summed E-state index contributed by atoms with van der Waals surface area (Å²) in [7, 11) is 0. The van der Waals surface area contributed by atoms with Crippen molar-refractivity contribution in [3.63, 3.8) is 0 Å². The number of rotatable bonds is 11. The molecule has 2 atom stereocenters. The van der Waals surface area contributed by atoms with E-state index < -0.39 is 11.3 Å². The Bertz CT molecular complexity index is 2780. The molecule has 3 aromatic heterocycles. The number of ether oxygens (including phenoxy) is 2. The Morgan fingerprint density at radius 2 is 1.58 bits per heavy atom. The topological polar surface area (TPSA) is 184 Å². The molecule has 17 heteroatoms. The molecule has 12 rings (SSSR count). The summed E-state index contributed by atoms with van der Waals surface area (Å²) in [5.41, 5.74) is 5.79. The summed E-state index contributed by atoms with van der Waals surface area (Å²) >= 11 is 0. The molecule has 6 aliphatic heterocycles. The monoisotopic (exact) mass is 1010 g/mol. The highest BCUT2D eigenvalue weighted by Gasteiger charge is 2.56. The van der Waals surface area contributed by atoms with E-state index in [2.05, 4.69) is 68.1 Å². The van der Waals surface area contributed by atoms with E-state index in [1.807, 2.05) is 22.2 Å². The summed E-state index contributed by atoms with van der Waals surface area (Å²) in [6.07, 6.45) is 16.5. The Labute approximate surface area is 433 Å². The molecule has 2 saturated carbocycles. The zero-order valence-corrected chi connectivity index (χ0v) is 43.1. The SMILES string of the molecule is CC(C)n1cnc2cc(-c3ccc4c(c3)N(C3CC(N5CCCCC5)C3)C(=O)C43CCN(C(=O)[C@@H]4CCN(C(=O)C5CCC(Oc6ccc([C@H]7CCC(=O)NC7=O)cn6)CC5)C4)CC3)nc(NC3CCOCC3)c21. The van der Waals surface area contributed by atoms with E-state index in [1.54, 1.807) is 12.3 Å². The van der Waals surface area contributed by atoms with Crippen molar-refractivity contribution in [2.45, 2.75) is 158 Å². The van der Waals surface area contributed by atoms with E-state index >= 15 is 4.79 Å². The maximum atomic E-state index is 15.3. The molecule has 9 heterocycles. The minimum absolute atomic E-state index is 0.0626. The number of carbonyl (C=O) groups is 5. The lowest BCUT2D eigenvalue weighted by atomic mass is 9.73. The van der Waals surface area contributed by atoms with Crippen LogP contribution in [0.2, 0.25) is 0 Å². The van der Waals surface area contributed by atoms with E-state index in [0.29, 0.717) is 83.0 Å². The molecule has 7 fully saturated rings. The van der Waals surface area contributed by atoms with Crippen molar-refractivity contribution in [1.82, 2.24) is 39.5 Å². The number of anilines is 2. The van der Waals surface area contributed by atoms with Crippen molar-refractivity contribution >= 4 is 52.1 Å². The van der Waals surface area contributed by atoms with Gasteiger partial charge in [0.1, 0.15) is 11.6 Å². The number of fused-ring (bicyclic) bond motifs is 3. The first kappa shape index (κ1) is 49.0. The van der Waals surface area contributed by atoms with Crippen LogP contribution >= 0.6 is 0 Å². The number of imide groups is 1. The number of nitrogens with one attached hydrogen (secondary N) is 2. The molecular formula is C57H72N10O7. The molecule has 17 nitrogen and oxygen atoms in total. The number of pyridine rings is 2. The van der Waals surface area contributed by atoms with Crippen LogP contribution in [-0.2, 0) is 34.1 Å². The number of nitrogens with zero attached hydrogens (tertiary/aromatic N) is 8. The van der Waals surface area contributed by atoms with Gasteiger partial charge in [-0.05, 0) is 140 Å². The number of hydrogen-bond donors (Lipinski definition) is 2. The van der Waals surface area contributed by atoms with Crippen LogP contribution in [0.1, 0.15) is 140 Å². The summed E-state index contributed by atoms with van der Waals surface area (Å²) in [5.74, 6) is 0.421. The molecule has 74 heavy (non-hydrogen) atoms. The first-order valence-electron chi connectivity index (χ1n) is 28.0. The third kappa shape index (κ3) is 9.23. The average molecular weight is 1010 g/mol. The van der Waals surface area contributed by atoms with E-state index in [9.17, 15) is 19.2 Å². The lowest BCUT2D eigenvalue weighted by Crippen LogP contribution is -2.58. The van der Waals surface area contributed by atoms with Crippen molar-refractivity contribution in [1.29, 1.82) is 0 Å². The summed E-state index contributed by atoms with van der Waals surface area (Å²) in [5, 5.41) is 6.19. The highest BCUT2D eigenvalue weighted by molar-refractivity contribution is 6.09. The zero-order valence-electron chi connectivity index (χ0n) is 43.1. The number of carbonyl (C=O) groups excluding carboxylic acids is 5. The number of likely N-dealkylation sites (tertiary alicyclic amines) is 3. The summed E-state index contributed by atoms with van der Waals surface area (Å²) < 4.78 is 14.1. The first-order valence-corrected chi connectivity index (χ1v) is 28.0. The molecule has 1 spiro atoms. The smallest absolute Gasteiger partial charge is 0.238 e. The van der Waals surface area contributed by atoms with Crippen molar-refractivity contribution < 1.29 is 33.4 Å². The van der Waals surface area contributed by atoms with Gasteiger partial charge < -0.3 is 39.0 Å². The molecule has 0 radical (unpaired) electrons. The molecule has 0 bridgehead atoms. The fourth-order valence-corrected chi connectivity index (χ4v) is 13.7. The molecule has 392 valence electrons. The summed E-state index contributed by atoms with van der Waals surface area (Å²) in [6.45, 7) is 10.1. The third-order valence-electron chi connectivity index (χ3n) is 18.2. The molecule has 0 unspecified atom stereocenters. The molecule has 4 aromatic rings. The van der Waals surface area contributed by atoms with Crippen molar-refractivity contribution in [3.05, 3.63) is 60.0 Å². The minimum atomic E-state index is -0.709. The lowest BCUT2D eigenvalue weighted by Gasteiger charge is -2.48. The van der Waals surface area contributed by atoms with Crippen LogP contribution in [0.15, 0.2) is 48.9 Å². The van der Waals surface area contributed by atoms with Gasteiger partial charge in [0.25, 0.3) is 0 Å². The Hall–Kier alpha value is -5.94. The normalized spacial score (nSPS) is 27.7. The molecule has 5 saturated heterocycles. The van der Waals surface area contributed by atoms with Gasteiger partial charge in [-0.25, -0.2) is 15.0 Å². The molecule has 8 aliphatic rings. The Morgan fingerprint density at radius 1 is 0.811 bits per heavy atom. The average Bonchev–Trinajstić information content (AvgIpc) is 4.14. The van der Waals surface area contributed by atoms with Gasteiger partial charge >= 0.3 is 0 Å². The fourth-order valence-electron chi connectivity index (χ4n) is 13.7.